The first kappa shape index (κ1) is 19.3. The Morgan fingerprint density at radius 2 is 0.875 bits per heavy atom. The number of furan rings is 2. The number of para-hydroxylation sites is 2. The molecule has 2 nitrogen and oxygen atoms in total. The first-order valence-electron chi connectivity index (χ1n) is 19.8. The van der Waals surface area contributed by atoms with Gasteiger partial charge in [0.15, 0.2) is 0 Å². The average molecular weight is 619 g/mol. The molecule has 0 amide bonds. The van der Waals surface area contributed by atoms with Crippen molar-refractivity contribution >= 4 is 87.0 Å². The number of hydrogen-bond donors (Lipinski definition) is 0. The summed E-state index contributed by atoms with van der Waals surface area (Å²) in [5, 5.41) is 7.00. The van der Waals surface area contributed by atoms with E-state index in [1.807, 2.05) is 109 Å². The third-order valence-corrected chi connectivity index (χ3v) is 9.67. The molecule has 2 aromatic heterocycles. The monoisotopic (exact) mass is 618 g/mol. The zero-order valence-electron chi connectivity index (χ0n) is 33.2. The predicted octanol–water partition coefficient (Wildman–Crippen LogP) is 13.4. The number of benzene rings is 9. The third kappa shape index (κ3) is 3.41. The van der Waals surface area contributed by atoms with E-state index in [9.17, 15) is 5.48 Å². The quantitative estimate of drug-likeness (QED) is 0.142. The Labute approximate surface area is 286 Å². The molecule has 222 valence electrons. The maximum Gasteiger partial charge on any atom is 0.147 e. The highest BCUT2D eigenvalue weighted by Crippen LogP contribution is 2.50. The van der Waals surface area contributed by atoms with E-state index >= 15 is 0 Å². The molecule has 0 bridgehead atoms. The second-order valence-electron chi connectivity index (χ2n) is 12.1. The van der Waals surface area contributed by atoms with Crippen molar-refractivity contribution in [2.24, 2.45) is 0 Å². The van der Waals surface area contributed by atoms with Crippen LogP contribution in [0.5, 0.6) is 0 Å². The van der Waals surface area contributed by atoms with Crippen LogP contribution in [0.25, 0.3) is 109 Å². The Morgan fingerprint density at radius 1 is 0.375 bits per heavy atom. The van der Waals surface area contributed by atoms with Gasteiger partial charge in [-0.25, -0.2) is 0 Å². The molecule has 2 heteroatoms. The van der Waals surface area contributed by atoms with Crippen molar-refractivity contribution in [1.29, 1.82) is 0 Å². The second kappa shape index (κ2) is 9.57. The molecular formula is C46H26O2. The highest BCUT2D eigenvalue weighted by Gasteiger charge is 2.24. The van der Waals surface area contributed by atoms with E-state index in [0.29, 0.717) is 44.4 Å². The Morgan fingerprint density at radius 3 is 1.56 bits per heavy atom. The van der Waals surface area contributed by atoms with E-state index in [-0.39, 0.29) is 51.3 Å². The van der Waals surface area contributed by atoms with Crippen LogP contribution in [0.3, 0.4) is 0 Å². The largest absolute Gasteiger partial charge is 0.455 e. The smallest absolute Gasteiger partial charge is 0.147 e. The Kier molecular flexibility index (Phi) is 3.85. The van der Waals surface area contributed by atoms with Crippen molar-refractivity contribution < 1.29 is 19.8 Å². The summed E-state index contributed by atoms with van der Waals surface area (Å²) < 4.78 is 87.5. The summed E-state index contributed by atoms with van der Waals surface area (Å²) in [6.07, 6.45) is 0. The topological polar surface area (TPSA) is 26.3 Å². The molecule has 0 radical (unpaired) electrons. The molecule has 0 aliphatic carbocycles. The summed E-state index contributed by atoms with van der Waals surface area (Å²) in [5.41, 5.74) is 3.66. The standard InChI is InChI=1S/C46H26O2/c1-2-14-28-27(13-1)25-37(30-16-4-3-15-29(28)30)42-32-18-5-7-20-34(32)43(35-21-8-6-19-33(35)42)39-26-38-31-17-9-11-23-40(31)47-45(38)44-36-22-10-12-24-41(36)48-46(39)44/h1-26H/i5D,6D,7D,8D,18D,19D,20D,21D. The van der Waals surface area contributed by atoms with Gasteiger partial charge in [0.05, 0.1) is 16.4 Å². The van der Waals surface area contributed by atoms with Gasteiger partial charge in [0.25, 0.3) is 0 Å². The molecule has 0 atom stereocenters. The summed E-state index contributed by atoms with van der Waals surface area (Å²) in [5.74, 6) is 0. The van der Waals surface area contributed by atoms with E-state index in [1.165, 1.54) is 0 Å². The van der Waals surface area contributed by atoms with Crippen LogP contribution in [0.1, 0.15) is 11.0 Å². The zero-order valence-corrected chi connectivity index (χ0v) is 25.2. The van der Waals surface area contributed by atoms with Crippen molar-refractivity contribution in [2.45, 2.75) is 0 Å². The molecular weight excluding hydrogens is 585 g/mol. The van der Waals surface area contributed by atoms with Gasteiger partial charge in [-0.05, 0) is 78.5 Å². The van der Waals surface area contributed by atoms with Gasteiger partial charge in [-0.15, -0.1) is 0 Å². The van der Waals surface area contributed by atoms with Gasteiger partial charge in [-0.1, -0.05) is 133 Å². The minimum atomic E-state index is -0.464. The number of rotatable bonds is 2. The van der Waals surface area contributed by atoms with Gasteiger partial charge >= 0.3 is 0 Å². The normalized spacial score (nSPS) is 14.5. The molecule has 48 heavy (non-hydrogen) atoms. The van der Waals surface area contributed by atoms with Crippen molar-refractivity contribution in [3.63, 3.8) is 0 Å². The molecule has 0 spiro atoms. The van der Waals surface area contributed by atoms with Crippen LogP contribution in [-0.4, -0.2) is 0 Å². The molecule has 2 heterocycles. The van der Waals surface area contributed by atoms with Gasteiger partial charge in [0.2, 0.25) is 0 Å². The zero-order chi connectivity index (χ0) is 38.3. The maximum atomic E-state index is 9.61. The van der Waals surface area contributed by atoms with E-state index in [0.717, 1.165) is 37.7 Å². The fraction of sp³-hybridized carbons (Fsp3) is 0. The highest BCUT2D eigenvalue weighted by molar-refractivity contribution is 6.31. The molecule has 11 rings (SSSR count). The van der Waals surface area contributed by atoms with Gasteiger partial charge in [0, 0.05) is 27.3 Å². The fourth-order valence-electron chi connectivity index (χ4n) is 7.68. The first-order valence-corrected chi connectivity index (χ1v) is 15.8. The summed E-state index contributed by atoms with van der Waals surface area (Å²) >= 11 is 0. The maximum absolute atomic E-state index is 9.61. The van der Waals surface area contributed by atoms with Gasteiger partial charge in [0.1, 0.15) is 22.3 Å². The lowest BCUT2D eigenvalue weighted by atomic mass is 9.83. The number of fused-ring (bicyclic) bond motifs is 12. The van der Waals surface area contributed by atoms with Crippen molar-refractivity contribution in [3.05, 3.63) is 158 Å². The van der Waals surface area contributed by atoms with Crippen LogP contribution in [-0.2, 0) is 0 Å². The lowest BCUT2D eigenvalue weighted by molar-refractivity contribution is 0.663. The van der Waals surface area contributed by atoms with Crippen LogP contribution in [0.4, 0.5) is 0 Å². The molecule has 0 aliphatic heterocycles. The molecule has 0 unspecified atom stereocenters. The average Bonchev–Trinajstić information content (AvgIpc) is 3.80. The molecule has 0 N–H and O–H groups in total. The predicted molar refractivity (Wildman–Crippen MR) is 202 cm³/mol. The van der Waals surface area contributed by atoms with Crippen LogP contribution >= 0.6 is 0 Å². The fourth-order valence-corrected chi connectivity index (χ4v) is 7.68. The molecule has 0 fully saturated rings. The summed E-state index contributed by atoms with van der Waals surface area (Å²) in [7, 11) is 0. The molecule has 0 aliphatic rings. The van der Waals surface area contributed by atoms with Crippen molar-refractivity contribution in [3.8, 4) is 22.3 Å². The minimum Gasteiger partial charge on any atom is -0.455 e. The van der Waals surface area contributed by atoms with Crippen LogP contribution in [0.2, 0.25) is 0 Å². The second-order valence-corrected chi connectivity index (χ2v) is 12.1. The van der Waals surface area contributed by atoms with Crippen LogP contribution < -0.4 is 0 Å². The lowest BCUT2D eigenvalue weighted by Gasteiger charge is -2.19. The summed E-state index contributed by atoms with van der Waals surface area (Å²) in [6, 6.07) is 31.5. The SMILES string of the molecule is [2H]c1c([2H])c([2H])c2c(-c3cc4c5ccccc5oc4c4c3oc3ccccc34)c3c([2H])c([2H])c([2H])c([2H])c3c(-c3cc4ccccc4c4ccccc34)c2c1[2H]. The Balaban J connectivity index is 1.48. The minimum absolute atomic E-state index is 0.120. The molecule has 0 saturated carbocycles. The molecule has 9 aromatic carbocycles. The lowest BCUT2D eigenvalue weighted by Crippen LogP contribution is -1.92. The molecule has 11 aromatic rings. The third-order valence-electron chi connectivity index (χ3n) is 9.67. The van der Waals surface area contributed by atoms with Gasteiger partial charge in [-0.3, -0.25) is 0 Å². The van der Waals surface area contributed by atoms with E-state index in [4.69, 9.17) is 14.3 Å². The van der Waals surface area contributed by atoms with Crippen LogP contribution in [0.15, 0.2) is 166 Å². The van der Waals surface area contributed by atoms with Gasteiger partial charge in [-0.2, -0.15) is 0 Å². The van der Waals surface area contributed by atoms with Crippen molar-refractivity contribution in [2.75, 3.05) is 0 Å². The van der Waals surface area contributed by atoms with Crippen LogP contribution in [0, 0.1) is 0 Å². The Hall–Kier alpha value is -6.38. The Bertz CT molecular complexity index is 3500. The van der Waals surface area contributed by atoms with E-state index < -0.39 is 24.2 Å². The van der Waals surface area contributed by atoms with E-state index in [1.54, 1.807) is 0 Å². The molecule has 0 saturated heterocycles. The first-order chi connectivity index (χ1) is 27.2. The summed E-state index contributed by atoms with van der Waals surface area (Å²) in [6.45, 7) is 0. The number of hydrogen-bond acceptors (Lipinski definition) is 2. The van der Waals surface area contributed by atoms with E-state index in [2.05, 4.69) is 0 Å². The van der Waals surface area contributed by atoms with Gasteiger partial charge < -0.3 is 8.83 Å². The summed E-state index contributed by atoms with van der Waals surface area (Å²) in [4.78, 5) is 0. The van der Waals surface area contributed by atoms with Crippen molar-refractivity contribution in [1.82, 2.24) is 0 Å². The highest BCUT2D eigenvalue weighted by atomic mass is 16.3.